The van der Waals surface area contributed by atoms with Crippen LogP contribution in [0.3, 0.4) is 0 Å². The van der Waals surface area contributed by atoms with Crippen LogP contribution in [0, 0.1) is 5.21 Å². The lowest BCUT2D eigenvalue weighted by molar-refractivity contribution is -0.605. The SMILES string of the molecule is NC(=O)C(=O)NC1(Cc2cc[n+]([O-])cc2)CCCCC1. The van der Waals surface area contributed by atoms with E-state index in [9.17, 15) is 14.8 Å². The third-order valence-corrected chi connectivity index (χ3v) is 3.83. The van der Waals surface area contributed by atoms with Crippen LogP contribution in [-0.2, 0) is 16.0 Å². The van der Waals surface area contributed by atoms with Crippen molar-refractivity contribution in [2.45, 2.75) is 44.1 Å². The number of carbonyl (C=O) groups is 2. The van der Waals surface area contributed by atoms with Crippen LogP contribution in [0.4, 0.5) is 0 Å². The summed E-state index contributed by atoms with van der Waals surface area (Å²) in [5, 5.41) is 13.8. The predicted molar refractivity (Wildman–Crippen MR) is 72.3 cm³/mol. The lowest BCUT2D eigenvalue weighted by atomic mass is 9.77. The van der Waals surface area contributed by atoms with Crippen molar-refractivity contribution in [3.63, 3.8) is 0 Å². The summed E-state index contributed by atoms with van der Waals surface area (Å²) in [5.74, 6) is -1.69. The molecule has 0 radical (unpaired) electrons. The number of aromatic nitrogens is 1. The van der Waals surface area contributed by atoms with E-state index in [2.05, 4.69) is 5.32 Å². The first-order valence-corrected chi connectivity index (χ1v) is 6.80. The zero-order valence-corrected chi connectivity index (χ0v) is 11.3. The molecule has 1 aromatic heterocycles. The van der Waals surface area contributed by atoms with Gasteiger partial charge in [-0.05, 0) is 24.8 Å². The van der Waals surface area contributed by atoms with Gasteiger partial charge in [-0.1, -0.05) is 19.3 Å². The monoisotopic (exact) mass is 277 g/mol. The molecule has 0 aromatic carbocycles. The minimum atomic E-state index is -0.958. The van der Waals surface area contributed by atoms with E-state index in [1.807, 2.05) is 0 Å². The van der Waals surface area contributed by atoms with Gasteiger partial charge in [0.05, 0.1) is 0 Å². The summed E-state index contributed by atoms with van der Waals surface area (Å²) in [5.41, 5.74) is 5.56. The number of primary amides is 1. The van der Waals surface area contributed by atoms with E-state index in [1.165, 1.54) is 12.4 Å². The zero-order valence-electron chi connectivity index (χ0n) is 11.3. The van der Waals surface area contributed by atoms with E-state index in [0.29, 0.717) is 6.42 Å². The molecular weight excluding hydrogens is 258 g/mol. The molecule has 2 rings (SSSR count). The van der Waals surface area contributed by atoms with Crippen LogP contribution in [0.5, 0.6) is 0 Å². The summed E-state index contributed by atoms with van der Waals surface area (Å²) in [6.45, 7) is 0. The summed E-state index contributed by atoms with van der Waals surface area (Å²) < 4.78 is 0.721. The number of rotatable bonds is 3. The average molecular weight is 277 g/mol. The summed E-state index contributed by atoms with van der Waals surface area (Å²) in [4.78, 5) is 22.6. The third kappa shape index (κ3) is 3.46. The van der Waals surface area contributed by atoms with Crippen LogP contribution < -0.4 is 15.8 Å². The fourth-order valence-corrected chi connectivity index (χ4v) is 2.83. The Labute approximate surface area is 117 Å². The van der Waals surface area contributed by atoms with Gasteiger partial charge in [-0.3, -0.25) is 9.59 Å². The fraction of sp³-hybridized carbons (Fsp3) is 0.500. The lowest BCUT2D eigenvalue weighted by Crippen LogP contribution is -2.54. The second-order valence-corrected chi connectivity index (χ2v) is 5.40. The van der Waals surface area contributed by atoms with Crippen molar-refractivity contribution in [2.24, 2.45) is 5.73 Å². The molecule has 1 saturated carbocycles. The molecule has 6 heteroatoms. The molecule has 0 unspecified atom stereocenters. The minimum Gasteiger partial charge on any atom is -0.619 e. The first kappa shape index (κ1) is 14.3. The number of amides is 2. The first-order chi connectivity index (χ1) is 9.51. The molecule has 0 saturated heterocycles. The van der Waals surface area contributed by atoms with Gasteiger partial charge >= 0.3 is 11.8 Å². The van der Waals surface area contributed by atoms with Gasteiger partial charge in [-0.15, -0.1) is 0 Å². The molecule has 0 bridgehead atoms. The predicted octanol–water partition coefficient (Wildman–Crippen LogP) is 0.167. The highest BCUT2D eigenvalue weighted by Crippen LogP contribution is 2.31. The quantitative estimate of drug-likeness (QED) is 0.468. The van der Waals surface area contributed by atoms with Crippen LogP contribution in [-0.4, -0.2) is 17.4 Å². The Hall–Kier alpha value is -2.11. The van der Waals surface area contributed by atoms with Gasteiger partial charge in [0.1, 0.15) is 0 Å². The Morgan fingerprint density at radius 1 is 1.25 bits per heavy atom. The van der Waals surface area contributed by atoms with Gasteiger partial charge in [-0.25, -0.2) is 0 Å². The highest BCUT2D eigenvalue weighted by atomic mass is 16.5. The number of hydrogen-bond donors (Lipinski definition) is 2. The molecule has 108 valence electrons. The highest BCUT2D eigenvalue weighted by molar-refractivity contribution is 6.34. The van der Waals surface area contributed by atoms with Crippen molar-refractivity contribution in [3.8, 4) is 0 Å². The molecule has 0 aliphatic heterocycles. The second kappa shape index (κ2) is 5.90. The molecule has 20 heavy (non-hydrogen) atoms. The maximum absolute atomic E-state index is 11.6. The largest absolute Gasteiger partial charge is 0.619 e. The molecule has 1 aliphatic rings. The van der Waals surface area contributed by atoms with E-state index in [-0.39, 0.29) is 0 Å². The van der Waals surface area contributed by atoms with Crippen molar-refractivity contribution in [2.75, 3.05) is 0 Å². The molecule has 0 atom stereocenters. The lowest BCUT2D eigenvalue weighted by Gasteiger charge is -2.38. The van der Waals surface area contributed by atoms with Crippen LogP contribution in [0.2, 0.25) is 0 Å². The van der Waals surface area contributed by atoms with Gasteiger partial charge < -0.3 is 16.3 Å². The smallest absolute Gasteiger partial charge is 0.309 e. The van der Waals surface area contributed by atoms with Crippen LogP contribution in [0.15, 0.2) is 24.5 Å². The number of nitrogens with one attached hydrogen (secondary N) is 1. The van der Waals surface area contributed by atoms with Crippen LogP contribution in [0.1, 0.15) is 37.7 Å². The molecule has 2 amide bonds. The molecule has 1 heterocycles. The van der Waals surface area contributed by atoms with Crippen LogP contribution in [0.25, 0.3) is 0 Å². The number of carbonyl (C=O) groups excluding carboxylic acids is 2. The van der Waals surface area contributed by atoms with Crippen molar-refractivity contribution in [1.82, 2.24) is 5.32 Å². The average Bonchev–Trinajstić information content (AvgIpc) is 2.42. The summed E-state index contributed by atoms with van der Waals surface area (Å²) in [7, 11) is 0. The molecule has 1 aromatic rings. The fourth-order valence-electron chi connectivity index (χ4n) is 2.83. The van der Waals surface area contributed by atoms with Crippen LogP contribution >= 0.6 is 0 Å². The minimum absolute atomic E-state index is 0.431. The zero-order chi connectivity index (χ0) is 14.6. The summed E-state index contributed by atoms with van der Waals surface area (Å²) in [6, 6.07) is 3.47. The second-order valence-electron chi connectivity index (χ2n) is 5.40. The van der Waals surface area contributed by atoms with E-state index in [0.717, 1.165) is 42.4 Å². The van der Waals surface area contributed by atoms with Crippen molar-refractivity contribution in [1.29, 1.82) is 0 Å². The van der Waals surface area contributed by atoms with Gasteiger partial charge in [0.25, 0.3) is 0 Å². The Morgan fingerprint density at radius 3 is 2.40 bits per heavy atom. The van der Waals surface area contributed by atoms with Crippen molar-refractivity contribution in [3.05, 3.63) is 35.3 Å². The maximum Gasteiger partial charge on any atom is 0.309 e. The van der Waals surface area contributed by atoms with E-state index >= 15 is 0 Å². The Balaban J connectivity index is 2.16. The molecule has 0 spiro atoms. The first-order valence-electron chi connectivity index (χ1n) is 6.80. The Kier molecular flexibility index (Phi) is 4.22. The van der Waals surface area contributed by atoms with Gasteiger partial charge in [0.15, 0.2) is 12.4 Å². The summed E-state index contributed by atoms with van der Waals surface area (Å²) >= 11 is 0. The van der Waals surface area contributed by atoms with E-state index in [4.69, 9.17) is 5.73 Å². The molecule has 1 fully saturated rings. The highest BCUT2D eigenvalue weighted by Gasteiger charge is 2.34. The number of nitrogens with zero attached hydrogens (tertiary/aromatic N) is 1. The Bertz CT molecular complexity index is 493. The molecular formula is C14H19N3O3. The maximum atomic E-state index is 11.6. The number of hydrogen-bond acceptors (Lipinski definition) is 3. The topological polar surface area (TPSA) is 99.1 Å². The van der Waals surface area contributed by atoms with Gasteiger partial charge in [-0.2, -0.15) is 4.73 Å². The van der Waals surface area contributed by atoms with Gasteiger partial charge in [0.2, 0.25) is 0 Å². The number of pyridine rings is 1. The Morgan fingerprint density at radius 2 is 1.85 bits per heavy atom. The summed E-state index contributed by atoms with van der Waals surface area (Å²) in [6.07, 6.45) is 8.25. The molecule has 6 nitrogen and oxygen atoms in total. The molecule has 3 N–H and O–H groups in total. The van der Waals surface area contributed by atoms with E-state index in [1.54, 1.807) is 12.1 Å². The normalized spacial score (nSPS) is 17.4. The number of nitrogens with two attached hydrogens (primary N) is 1. The van der Waals surface area contributed by atoms with Gasteiger partial charge in [0, 0.05) is 17.7 Å². The molecule has 1 aliphatic carbocycles. The van der Waals surface area contributed by atoms with E-state index < -0.39 is 17.4 Å². The van der Waals surface area contributed by atoms with Crippen molar-refractivity contribution < 1.29 is 14.3 Å². The standard InChI is InChI=1S/C14H19N3O3/c15-12(18)13(19)16-14(6-2-1-3-7-14)10-11-4-8-17(20)9-5-11/h4-5,8-9H,1-3,6-7,10H2,(H2,15,18)(H,16,19). The third-order valence-electron chi connectivity index (χ3n) is 3.83. The van der Waals surface area contributed by atoms with Crippen molar-refractivity contribution >= 4 is 11.8 Å².